The van der Waals surface area contributed by atoms with Gasteiger partial charge in [0, 0.05) is 13.0 Å². The number of hydrogen-bond donors (Lipinski definition) is 2. The maximum atomic E-state index is 13.6. The predicted octanol–water partition coefficient (Wildman–Crippen LogP) is 2.54. The zero-order valence-electron chi connectivity index (χ0n) is 15.4. The number of halogens is 5. The Bertz CT molecular complexity index is 873. The van der Waals surface area contributed by atoms with E-state index in [1.807, 2.05) is 0 Å². The molecule has 1 fully saturated rings. The van der Waals surface area contributed by atoms with Crippen LogP contribution < -0.4 is 20.7 Å². The van der Waals surface area contributed by atoms with Gasteiger partial charge < -0.3 is 25.2 Å². The molecule has 3 rings (SSSR count). The number of nitrogens with two attached hydrogens (primary N) is 1. The zero-order valence-corrected chi connectivity index (χ0v) is 15.4. The third-order valence-corrected chi connectivity index (χ3v) is 4.09. The van der Waals surface area contributed by atoms with Gasteiger partial charge in [-0.1, -0.05) is 5.16 Å². The summed E-state index contributed by atoms with van der Waals surface area (Å²) < 4.78 is 75.4. The van der Waals surface area contributed by atoms with Crippen LogP contribution >= 0.6 is 0 Å². The zero-order chi connectivity index (χ0) is 21.4. The van der Waals surface area contributed by atoms with E-state index in [1.165, 1.54) is 4.90 Å². The SMILES string of the molecule is Cc1noc(CNc2nc(O[C@@H](C)C(F)(F)F)nc(N3CCC(F)(F)C3)c2N)n1. The number of anilines is 3. The first-order chi connectivity index (χ1) is 13.4. The molecule has 0 unspecified atom stereocenters. The van der Waals surface area contributed by atoms with E-state index in [1.54, 1.807) is 6.92 Å². The van der Waals surface area contributed by atoms with Crippen molar-refractivity contribution in [1.29, 1.82) is 0 Å². The van der Waals surface area contributed by atoms with E-state index in [2.05, 4.69) is 25.4 Å². The van der Waals surface area contributed by atoms with Crippen molar-refractivity contribution in [2.24, 2.45) is 0 Å². The van der Waals surface area contributed by atoms with Crippen LogP contribution in [0.4, 0.5) is 39.3 Å². The third kappa shape index (κ3) is 4.92. The Kier molecular flexibility index (Phi) is 5.36. The summed E-state index contributed by atoms with van der Waals surface area (Å²) in [4.78, 5) is 12.8. The van der Waals surface area contributed by atoms with Gasteiger partial charge in [0.2, 0.25) is 5.89 Å². The summed E-state index contributed by atoms with van der Waals surface area (Å²) in [6.45, 7) is 1.57. The normalized spacial score (nSPS) is 17.4. The number of rotatable bonds is 6. The number of nitrogens with one attached hydrogen (secondary N) is 1. The number of nitrogen functional groups attached to an aromatic ring is 1. The first-order valence-electron chi connectivity index (χ1n) is 8.51. The third-order valence-electron chi connectivity index (χ3n) is 4.09. The van der Waals surface area contributed by atoms with E-state index in [0.717, 1.165) is 6.92 Å². The Hall–Kier alpha value is -2.93. The topological polar surface area (TPSA) is 115 Å². The smallest absolute Gasteiger partial charge is 0.425 e. The van der Waals surface area contributed by atoms with Crippen LogP contribution in [0.15, 0.2) is 4.52 Å². The number of aromatic nitrogens is 4. The van der Waals surface area contributed by atoms with Crippen LogP contribution in [0.5, 0.6) is 6.01 Å². The Balaban J connectivity index is 1.90. The molecule has 2 aromatic rings. The Labute approximate surface area is 161 Å². The lowest BCUT2D eigenvalue weighted by atomic mass is 10.3. The van der Waals surface area contributed by atoms with Crippen LogP contribution in [-0.4, -0.2) is 51.4 Å². The quantitative estimate of drug-likeness (QED) is 0.676. The second-order valence-corrected chi connectivity index (χ2v) is 6.51. The molecule has 1 atom stereocenters. The molecule has 0 bridgehead atoms. The molecule has 0 aromatic carbocycles. The molecule has 160 valence electrons. The molecule has 29 heavy (non-hydrogen) atoms. The Morgan fingerprint density at radius 1 is 1.31 bits per heavy atom. The number of aryl methyl sites for hydroxylation is 1. The fourth-order valence-corrected chi connectivity index (χ4v) is 2.58. The number of hydrogen-bond acceptors (Lipinski definition) is 9. The monoisotopic (exact) mass is 423 g/mol. The van der Waals surface area contributed by atoms with Gasteiger partial charge >= 0.3 is 12.2 Å². The van der Waals surface area contributed by atoms with Gasteiger partial charge in [0.1, 0.15) is 5.69 Å². The summed E-state index contributed by atoms with van der Waals surface area (Å²) in [6.07, 6.45) is -7.32. The molecule has 0 aliphatic carbocycles. The molecule has 0 saturated carbocycles. The summed E-state index contributed by atoms with van der Waals surface area (Å²) in [7, 11) is 0. The lowest BCUT2D eigenvalue weighted by molar-refractivity contribution is -0.190. The van der Waals surface area contributed by atoms with Crippen LogP contribution in [0.25, 0.3) is 0 Å². The minimum absolute atomic E-state index is 0.0497. The van der Waals surface area contributed by atoms with Gasteiger partial charge in [-0.25, -0.2) is 8.78 Å². The van der Waals surface area contributed by atoms with Gasteiger partial charge in [-0.15, -0.1) is 0 Å². The van der Waals surface area contributed by atoms with Gasteiger partial charge in [-0.2, -0.15) is 28.1 Å². The van der Waals surface area contributed by atoms with Gasteiger partial charge in [0.15, 0.2) is 23.6 Å². The van der Waals surface area contributed by atoms with Gasteiger partial charge in [-0.3, -0.25) is 0 Å². The lowest BCUT2D eigenvalue weighted by Gasteiger charge is -2.22. The fraction of sp³-hybridized carbons (Fsp3) is 0.600. The molecule has 1 aliphatic rings. The molecule has 3 heterocycles. The Morgan fingerprint density at radius 2 is 2.03 bits per heavy atom. The summed E-state index contributed by atoms with van der Waals surface area (Å²) >= 11 is 0. The Morgan fingerprint density at radius 3 is 2.59 bits per heavy atom. The van der Waals surface area contributed by atoms with Crippen molar-refractivity contribution in [2.75, 3.05) is 29.0 Å². The van der Waals surface area contributed by atoms with Crippen LogP contribution in [0.3, 0.4) is 0 Å². The van der Waals surface area contributed by atoms with E-state index in [-0.39, 0.29) is 36.3 Å². The second kappa shape index (κ2) is 7.48. The highest BCUT2D eigenvalue weighted by molar-refractivity contribution is 5.76. The highest BCUT2D eigenvalue weighted by Gasteiger charge is 2.41. The van der Waals surface area contributed by atoms with Crippen molar-refractivity contribution in [1.82, 2.24) is 20.1 Å². The van der Waals surface area contributed by atoms with E-state index in [9.17, 15) is 22.0 Å². The predicted molar refractivity (Wildman–Crippen MR) is 90.7 cm³/mol. The first kappa shape index (κ1) is 20.8. The summed E-state index contributed by atoms with van der Waals surface area (Å²) in [5, 5.41) is 6.33. The molecule has 3 N–H and O–H groups in total. The number of ether oxygens (including phenoxy) is 1. The molecule has 1 saturated heterocycles. The summed E-state index contributed by atoms with van der Waals surface area (Å²) in [6, 6.07) is -0.654. The van der Waals surface area contributed by atoms with E-state index >= 15 is 0 Å². The van der Waals surface area contributed by atoms with Gasteiger partial charge in [-0.05, 0) is 13.8 Å². The van der Waals surface area contributed by atoms with Crippen molar-refractivity contribution in [3.05, 3.63) is 11.7 Å². The second-order valence-electron chi connectivity index (χ2n) is 6.51. The fourth-order valence-electron chi connectivity index (χ4n) is 2.58. The molecule has 2 aromatic heterocycles. The van der Waals surface area contributed by atoms with Crippen molar-refractivity contribution >= 4 is 17.3 Å². The first-order valence-corrected chi connectivity index (χ1v) is 8.51. The highest BCUT2D eigenvalue weighted by atomic mass is 19.4. The molecule has 0 amide bonds. The van der Waals surface area contributed by atoms with E-state index in [0.29, 0.717) is 5.82 Å². The summed E-state index contributed by atoms with van der Waals surface area (Å²) in [5.74, 6) is -2.68. The molecule has 1 aliphatic heterocycles. The summed E-state index contributed by atoms with van der Waals surface area (Å²) in [5.41, 5.74) is 5.87. The molecular weight excluding hydrogens is 405 g/mol. The molecule has 14 heteroatoms. The molecular formula is C15H18F5N7O2. The van der Waals surface area contributed by atoms with Crippen LogP contribution in [0.1, 0.15) is 25.1 Å². The molecule has 0 spiro atoms. The molecule has 0 radical (unpaired) electrons. The van der Waals surface area contributed by atoms with Crippen molar-refractivity contribution in [3.63, 3.8) is 0 Å². The minimum Gasteiger partial charge on any atom is -0.451 e. The van der Waals surface area contributed by atoms with Crippen LogP contribution in [0, 0.1) is 6.92 Å². The maximum absolute atomic E-state index is 13.6. The maximum Gasteiger partial charge on any atom is 0.425 e. The van der Waals surface area contributed by atoms with E-state index < -0.39 is 37.2 Å². The van der Waals surface area contributed by atoms with Crippen LogP contribution in [0.2, 0.25) is 0 Å². The average Bonchev–Trinajstić information content (AvgIpc) is 3.19. The van der Waals surface area contributed by atoms with Gasteiger partial charge in [0.05, 0.1) is 13.1 Å². The largest absolute Gasteiger partial charge is 0.451 e. The van der Waals surface area contributed by atoms with Crippen molar-refractivity contribution in [3.8, 4) is 6.01 Å². The van der Waals surface area contributed by atoms with Gasteiger partial charge in [0.25, 0.3) is 5.92 Å². The van der Waals surface area contributed by atoms with E-state index in [4.69, 9.17) is 15.0 Å². The number of nitrogens with zero attached hydrogens (tertiary/aromatic N) is 5. The standard InChI is InChI=1S/C15H18F5N7O2/c1-7(15(18,19)20)28-13-24-11(22-5-9-23-8(2)26-29-9)10(21)12(25-13)27-4-3-14(16,17)6-27/h7H,3-6,21H2,1-2H3,(H,22,24,25)/t7-/m0/s1. The highest BCUT2D eigenvalue weighted by Crippen LogP contribution is 2.36. The van der Waals surface area contributed by atoms with Crippen molar-refractivity contribution < 1.29 is 31.2 Å². The minimum atomic E-state index is -4.67. The average molecular weight is 423 g/mol. The lowest BCUT2D eigenvalue weighted by Crippen LogP contribution is -2.32. The number of alkyl halides is 5. The van der Waals surface area contributed by atoms with Crippen molar-refractivity contribution in [2.45, 2.75) is 45.0 Å². The van der Waals surface area contributed by atoms with Crippen LogP contribution in [-0.2, 0) is 6.54 Å². The molecule has 9 nitrogen and oxygen atoms in total.